The van der Waals surface area contributed by atoms with E-state index in [4.69, 9.17) is 4.98 Å². The van der Waals surface area contributed by atoms with Crippen molar-refractivity contribution in [2.75, 3.05) is 6.54 Å². The molecule has 0 atom stereocenters. The summed E-state index contributed by atoms with van der Waals surface area (Å²) in [5.74, 6) is -0.250. The SMILES string of the molecule is Fc1cccc(-c2cnc(-c3ccncc3)c(CNCCCn3ccnc3)c2)c1. The largest absolute Gasteiger partial charge is 0.337 e. The summed E-state index contributed by atoms with van der Waals surface area (Å²) in [6, 6.07) is 12.6. The highest BCUT2D eigenvalue weighted by Gasteiger charge is 2.10. The van der Waals surface area contributed by atoms with Crippen LogP contribution >= 0.6 is 0 Å². The molecule has 3 aromatic heterocycles. The Kier molecular flexibility index (Phi) is 6.02. The molecular formula is C23H22FN5. The first-order valence-corrected chi connectivity index (χ1v) is 9.61. The summed E-state index contributed by atoms with van der Waals surface area (Å²) in [7, 11) is 0. The normalized spacial score (nSPS) is 10.9. The Morgan fingerprint density at radius 1 is 0.931 bits per heavy atom. The standard InChI is InChI=1S/C23H22FN5/c24-22-4-1-3-19(14-22)20-13-21(15-26-7-2-11-29-12-10-27-17-29)23(28-16-20)18-5-8-25-9-6-18/h1,3-6,8-10,12-14,16-17,26H,2,7,11,15H2. The van der Waals surface area contributed by atoms with E-state index in [9.17, 15) is 4.39 Å². The number of rotatable bonds is 8. The van der Waals surface area contributed by atoms with Crippen LogP contribution in [0.15, 0.2) is 79.8 Å². The van der Waals surface area contributed by atoms with Crippen molar-refractivity contribution >= 4 is 0 Å². The number of aromatic nitrogens is 4. The Balaban J connectivity index is 1.52. The van der Waals surface area contributed by atoms with E-state index in [-0.39, 0.29) is 5.82 Å². The molecule has 5 nitrogen and oxygen atoms in total. The summed E-state index contributed by atoms with van der Waals surface area (Å²) < 4.78 is 15.7. The third-order valence-electron chi connectivity index (χ3n) is 4.72. The fraction of sp³-hybridized carbons (Fsp3) is 0.174. The molecule has 0 aliphatic heterocycles. The first-order valence-electron chi connectivity index (χ1n) is 9.61. The van der Waals surface area contributed by atoms with E-state index >= 15 is 0 Å². The van der Waals surface area contributed by atoms with Crippen molar-refractivity contribution in [1.29, 1.82) is 0 Å². The molecule has 0 radical (unpaired) electrons. The first-order chi connectivity index (χ1) is 14.3. The van der Waals surface area contributed by atoms with E-state index < -0.39 is 0 Å². The van der Waals surface area contributed by atoms with Gasteiger partial charge in [-0.2, -0.15) is 0 Å². The maximum Gasteiger partial charge on any atom is 0.123 e. The number of hydrogen-bond donors (Lipinski definition) is 1. The summed E-state index contributed by atoms with van der Waals surface area (Å²) in [6.07, 6.45) is 11.9. The second-order valence-electron chi connectivity index (χ2n) is 6.81. The lowest BCUT2D eigenvalue weighted by atomic mass is 10.0. The molecule has 0 saturated carbocycles. The Hall–Kier alpha value is -3.38. The second kappa shape index (κ2) is 9.21. The van der Waals surface area contributed by atoms with Gasteiger partial charge in [-0.25, -0.2) is 9.37 Å². The molecule has 0 amide bonds. The van der Waals surface area contributed by atoms with Crippen LogP contribution in [0.1, 0.15) is 12.0 Å². The molecule has 0 unspecified atom stereocenters. The van der Waals surface area contributed by atoms with E-state index in [2.05, 4.69) is 25.9 Å². The van der Waals surface area contributed by atoms with Gasteiger partial charge >= 0.3 is 0 Å². The number of pyridine rings is 2. The summed E-state index contributed by atoms with van der Waals surface area (Å²) in [6.45, 7) is 2.47. The first kappa shape index (κ1) is 19.0. The van der Waals surface area contributed by atoms with Crippen molar-refractivity contribution in [2.45, 2.75) is 19.5 Å². The van der Waals surface area contributed by atoms with Gasteiger partial charge < -0.3 is 9.88 Å². The number of hydrogen-bond acceptors (Lipinski definition) is 4. The van der Waals surface area contributed by atoms with Crippen LogP contribution in [0, 0.1) is 5.82 Å². The van der Waals surface area contributed by atoms with Gasteiger partial charge in [0.25, 0.3) is 0 Å². The molecule has 1 aromatic carbocycles. The van der Waals surface area contributed by atoms with E-state index in [1.807, 2.05) is 30.7 Å². The average Bonchev–Trinajstić information content (AvgIpc) is 3.28. The third-order valence-corrected chi connectivity index (χ3v) is 4.72. The molecule has 0 spiro atoms. The lowest BCUT2D eigenvalue weighted by Crippen LogP contribution is -2.17. The molecule has 0 aliphatic carbocycles. The number of imidazole rings is 1. The second-order valence-corrected chi connectivity index (χ2v) is 6.81. The van der Waals surface area contributed by atoms with Crippen LogP contribution in [-0.4, -0.2) is 26.1 Å². The third kappa shape index (κ3) is 4.92. The maximum absolute atomic E-state index is 13.7. The minimum Gasteiger partial charge on any atom is -0.337 e. The van der Waals surface area contributed by atoms with Crippen molar-refractivity contribution in [2.24, 2.45) is 0 Å². The molecule has 0 saturated heterocycles. The number of nitrogens with zero attached hydrogens (tertiary/aromatic N) is 4. The number of aryl methyl sites for hydroxylation is 1. The molecule has 1 N–H and O–H groups in total. The van der Waals surface area contributed by atoms with Gasteiger partial charge in [-0.15, -0.1) is 0 Å². The molecule has 146 valence electrons. The van der Waals surface area contributed by atoms with E-state index in [1.54, 1.807) is 30.9 Å². The Labute approximate surface area is 169 Å². The minimum absolute atomic E-state index is 0.250. The molecule has 4 rings (SSSR count). The van der Waals surface area contributed by atoms with Gasteiger partial charge in [0.1, 0.15) is 5.82 Å². The zero-order valence-corrected chi connectivity index (χ0v) is 16.0. The highest BCUT2D eigenvalue weighted by Crippen LogP contribution is 2.27. The monoisotopic (exact) mass is 387 g/mol. The summed E-state index contributed by atoms with van der Waals surface area (Å²) in [5.41, 5.74) is 4.72. The smallest absolute Gasteiger partial charge is 0.123 e. The fourth-order valence-corrected chi connectivity index (χ4v) is 3.27. The molecule has 0 bridgehead atoms. The predicted octanol–water partition coefficient (Wildman–Crippen LogP) is 4.33. The van der Waals surface area contributed by atoms with Crippen LogP contribution in [0.5, 0.6) is 0 Å². The number of halogens is 1. The summed E-state index contributed by atoms with van der Waals surface area (Å²) >= 11 is 0. The zero-order valence-electron chi connectivity index (χ0n) is 16.0. The van der Waals surface area contributed by atoms with Gasteiger partial charge in [0.05, 0.1) is 12.0 Å². The maximum atomic E-state index is 13.7. The van der Waals surface area contributed by atoms with Gasteiger partial charge in [-0.3, -0.25) is 9.97 Å². The summed E-state index contributed by atoms with van der Waals surface area (Å²) in [4.78, 5) is 12.8. The van der Waals surface area contributed by atoms with Crippen molar-refractivity contribution in [3.05, 3.63) is 91.2 Å². The quantitative estimate of drug-likeness (QED) is 0.457. The zero-order chi connectivity index (χ0) is 19.9. The van der Waals surface area contributed by atoms with E-state index in [1.165, 1.54) is 12.1 Å². The molecule has 0 aliphatic rings. The highest BCUT2D eigenvalue weighted by atomic mass is 19.1. The van der Waals surface area contributed by atoms with Gasteiger partial charge in [0, 0.05) is 55.2 Å². The van der Waals surface area contributed by atoms with Crippen molar-refractivity contribution in [3.8, 4) is 22.4 Å². The van der Waals surface area contributed by atoms with Gasteiger partial charge in [-0.1, -0.05) is 12.1 Å². The van der Waals surface area contributed by atoms with Crippen LogP contribution < -0.4 is 5.32 Å². The Morgan fingerprint density at radius 2 is 1.83 bits per heavy atom. The molecule has 4 aromatic rings. The molecule has 6 heteroatoms. The highest BCUT2D eigenvalue weighted by molar-refractivity contribution is 5.69. The van der Waals surface area contributed by atoms with Crippen LogP contribution in [0.25, 0.3) is 22.4 Å². The number of nitrogens with one attached hydrogen (secondary N) is 1. The van der Waals surface area contributed by atoms with Gasteiger partial charge in [0.2, 0.25) is 0 Å². The molecule has 3 heterocycles. The number of benzene rings is 1. The fourth-order valence-electron chi connectivity index (χ4n) is 3.27. The molecular weight excluding hydrogens is 365 g/mol. The Bertz CT molecular complexity index is 1050. The lowest BCUT2D eigenvalue weighted by molar-refractivity contribution is 0.580. The lowest BCUT2D eigenvalue weighted by Gasteiger charge is -2.13. The summed E-state index contributed by atoms with van der Waals surface area (Å²) in [5, 5.41) is 3.50. The van der Waals surface area contributed by atoms with Gasteiger partial charge in [-0.05, 0) is 54.4 Å². The van der Waals surface area contributed by atoms with Gasteiger partial charge in [0.15, 0.2) is 0 Å². The van der Waals surface area contributed by atoms with Crippen molar-refractivity contribution < 1.29 is 4.39 Å². The van der Waals surface area contributed by atoms with E-state index in [0.717, 1.165) is 47.5 Å². The van der Waals surface area contributed by atoms with Crippen LogP contribution in [0.2, 0.25) is 0 Å². The average molecular weight is 387 g/mol. The van der Waals surface area contributed by atoms with Crippen LogP contribution in [0.3, 0.4) is 0 Å². The molecule has 0 fully saturated rings. The topological polar surface area (TPSA) is 55.6 Å². The van der Waals surface area contributed by atoms with Crippen LogP contribution in [-0.2, 0) is 13.1 Å². The van der Waals surface area contributed by atoms with Crippen molar-refractivity contribution in [1.82, 2.24) is 24.8 Å². The molecule has 29 heavy (non-hydrogen) atoms. The van der Waals surface area contributed by atoms with E-state index in [0.29, 0.717) is 6.54 Å². The van der Waals surface area contributed by atoms with Crippen molar-refractivity contribution in [3.63, 3.8) is 0 Å². The minimum atomic E-state index is -0.250. The predicted molar refractivity (Wildman–Crippen MR) is 111 cm³/mol. The Morgan fingerprint density at radius 3 is 2.62 bits per heavy atom. The van der Waals surface area contributed by atoms with Crippen LogP contribution in [0.4, 0.5) is 4.39 Å².